The second-order valence-corrected chi connectivity index (χ2v) is 7.18. The molecule has 1 fully saturated rings. The summed E-state index contributed by atoms with van der Waals surface area (Å²) in [4.78, 5) is 0. The van der Waals surface area contributed by atoms with E-state index in [0.29, 0.717) is 11.7 Å². The summed E-state index contributed by atoms with van der Waals surface area (Å²) >= 11 is 0. The number of benzene rings is 1. The first kappa shape index (κ1) is 14.2. The van der Waals surface area contributed by atoms with Crippen LogP contribution in [0.2, 0.25) is 0 Å². The van der Waals surface area contributed by atoms with Crippen molar-refractivity contribution in [1.82, 2.24) is 0 Å². The van der Waals surface area contributed by atoms with Crippen LogP contribution in [-0.4, -0.2) is 20.7 Å². The Balaban J connectivity index is 1.94. The molecule has 1 aliphatic carbocycles. The zero-order valence-corrected chi connectivity index (χ0v) is 12.3. The third kappa shape index (κ3) is 4.42. The van der Waals surface area contributed by atoms with Gasteiger partial charge in [0.15, 0.2) is 0 Å². The molecule has 1 atom stereocenters. The van der Waals surface area contributed by atoms with Gasteiger partial charge in [0.25, 0.3) is 0 Å². The van der Waals surface area contributed by atoms with E-state index in [0.717, 1.165) is 17.9 Å². The Morgan fingerprint density at radius 3 is 2.16 bits per heavy atom. The summed E-state index contributed by atoms with van der Waals surface area (Å²) in [6.07, 6.45) is 6.45. The molecule has 0 spiro atoms. The van der Waals surface area contributed by atoms with E-state index in [1.165, 1.54) is 25.7 Å². The minimum atomic E-state index is -3.20. The van der Waals surface area contributed by atoms with Crippen molar-refractivity contribution >= 4 is 21.4 Å². The molecule has 0 aliphatic heterocycles. The van der Waals surface area contributed by atoms with Gasteiger partial charge >= 0.3 is 0 Å². The van der Waals surface area contributed by atoms with E-state index >= 15 is 0 Å². The Labute approximate surface area is 115 Å². The molecule has 1 saturated carbocycles. The summed E-state index contributed by atoms with van der Waals surface area (Å²) in [5.41, 5.74) is 1.64. The van der Waals surface area contributed by atoms with Gasteiger partial charge in [0, 0.05) is 17.4 Å². The van der Waals surface area contributed by atoms with Gasteiger partial charge in [-0.1, -0.05) is 12.8 Å². The van der Waals surface area contributed by atoms with Crippen LogP contribution >= 0.6 is 0 Å². The third-order valence-corrected chi connectivity index (χ3v) is 4.30. The molecule has 0 bridgehead atoms. The van der Waals surface area contributed by atoms with Crippen LogP contribution in [0.5, 0.6) is 0 Å². The van der Waals surface area contributed by atoms with E-state index in [4.69, 9.17) is 0 Å². The average molecular weight is 282 g/mol. The molecule has 1 aliphatic rings. The number of hydrogen-bond donors (Lipinski definition) is 2. The summed E-state index contributed by atoms with van der Waals surface area (Å²) in [6.45, 7) is 2.22. The number of sulfonamides is 1. The van der Waals surface area contributed by atoms with Crippen molar-refractivity contribution in [2.24, 2.45) is 5.92 Å². The SMILES string of the molecule is CC(Nc1ccc(NS(C)(=O)=O)cc1)C1CCCC1. The number of hydrogen-bond acceptors (Lipinski definition) is 3. The van der Waals surface area contributed by atoms with E-state index in [9.17, 15) is 8.42 Å². The van der Waals surface area contributed by atoms with E-state index in [-0.39, 0.29) is 0 Å². The van der Waals surface area contributed by atoms with E-state index in [2.05, 4.69) is 17.0 Å². The summed E-state index contributed by atoms with van der Waals surface area (Å²) in [5, 5.41) is 3.50. The predicted octanol–water partition coefficient (Wildman–Crippen LogP) is 3.05. The monoisotopic (exact) mass is 282 g/mol. The highest BCUT2D eigenvalue weighted by atomic mass is 32.2. The van der Waals surface area contributed by atoms with Gasteiger partial charge in [-0.05, 0) is 49.9 Å². The molecule has 1 aromatic carbocycles. The highest BCUT2D eigenvalue weighted by molar-refractivity contribution is 7.92. The van der Waals surface area contributed by atoms with Crippen LogP contribution in [0.4, 0.5) is 11.4 Å². The van der Waals surface area contributed by atoms with Crippen molar-refractivity contribution in [2.75, 3.05) is 16.3 Å². The minimum absolute atomic E-state index is 0.469. The molecule has 2 rings (SSSR count). The van der Waals surface area contributed by atoms with Crippen LogP contribution in [-0.2, 0) is 10.0 Å². The lowest BCUT2D eigenvalue weighted by Crippen LogP contribution is -2.23. The summed E-state index contributed by atoms with van der Waals surface area (Å²) in [6, 6.07) is 7.86. The fourth-order valence-corrected chi connectivity index (χ4v) is 3.25. The molecular weight excluding hydrogens is 260 g/mol. The smallest absolute Gasteiger partial charge is 0.229 e. The first-order valence-corrected chi connectivity index (χ1v) is 8.67. The maximum atomic E-state index is 11.1. The van der Waals surface area contributed by atoms with Gasteiger partial charge in [0.1, 0.15) is 0 Å². The summed E-state index contributed by atoms with van der Waals surface area (Å²) < 4.78 is 24.7. The number of nitrogens with one attached hydrogen (secondary N) is 2. The Morgan fingerprint density at radius 1 is 1.11 bits per heavy atom. The van der Waals surface area contributed by atoms with E-state index in [1.54, 1.807) is 12.1 Å². The van der Waals surface area contributed by atoms with Crippen molar-refractivity contribution in [3.63, 3.8) is 0 Å². The Hall–Kier alpha value is -1.23. The predicted molar refractivity (Wildman–Crippen MR) is 80.0 cm³/mol. The molecule has 4 nitrogen and oxygen atoms in total. The van der Waals surface area contributed by atoms with Crippen LogP contribution < -0.4 is 10.0 Å². The van der Waals surface area contributed by atoms with Crippen LogP contribution in [0, 0.1) is 5.92 Å². The van der Waals surface area contributed by atoms with Gasteiger partial charge in [0.05, 0.1) is 6.26 Å². The van der Waals surface area contributed by atoms with Gasteiger partial charge in [0.2, 0.25) is 10.0 Å². The topological polar surface area (TPSA) is 58.2 Å². The van der Waals surface area contributed by atoms with Crippen molar-refractivity contribution in [1.29, 1.82) is 0 Å². The van der Waals surface area contributed by atoms with E-state index in [1.807, 2.05) is 12.1 Å². The van der Waals surface area contributed by atoms with Gasteiger partial charge in [-0.25, -0.2) is 8.42 Å². The molecule has 19 heavy (non-hydrogen) atoms. The molecular formula is C14H22N2O2S. The summed E-state index contributed by atoms with van der Waals surface area (Å²) in [7, 11) is -3.20. The average Bonchev–Trinajstić information content (AvgIpc) is 2.83. The molecule has 5 heteroatoms. The van der Waals surface area contributed by atoms with Crippen molar-refractivity contribution in [3.05, 3.63) is 24.3 Å². The fraction of sp³-hybridized carbons (Fsp3) is 0.571. The van der Waals surface area contributed by atoms with Crippen LogP contribution in [0.3, 0.4) is 0 Å². The highest BCUT2D eigenvalue weighted by Gasteiger charge is 2.21. The maximum absolute atomic E-state index is 11.1. The van der Waals surface area contributed by atoms with Gasteiger partial charge in [-0.3, -0.25) is 4.72 Å². The lowest BCUT2D eigenvalue weighted by Gasteiger charge is -2.21. The van der Waals surface area contributed by atoms with Gasteiger partial charge in [-0.15, -0.1) is 0 Å². The highest BCUT2D eigenvalue weighted by Crippen LogP contribution is 2.29. The third-order valence-electron chi connectivity index (χ3n) is 3.69. The first-order valence-electron chi connectivity index (χ1n) is 6.78. The molecule has 0 heterocycles. The first-order chi connectivity index (χ1) is 8.94. The normalized spacial score (nSPS) is 18.2. The lowest BCUT2D eigenvalue weighted by molar-refractivity contribution is 0.482. The second kappa shape index (κ2) is 5.82. The zero-order chi connectivity index (χ0) is 13.9. The number of rotatable bonds is 5. The van der Waals surface area contributed by atoms with Crippen molar-refractivity contribution < 1.29 is 8.42 Å². The molecule has 0 radical (unpaired) electrons. The Bertz CT molecular complexity index is 505. The Kier molecular flexibility index (Phi) is 4.34. The van der Waals surface area contributed by atoms with E-state index < -0.39 is 10.0 Å². The molecule has 106 valence electrons. The molecule has 1 aromatic rings. The molecule has 0 saturated heterocycles. The molecule has 2 N–H and O–H groups in total. The fourth-order valence-electron chi connectivity index (χ4n) is 2.69. The van der Waals surface area contributed by atoms with Gasteiger partial charge in [-0.2, -0.15) is 0 Å². The van der Waals surface area contributed by atoms with Crippen LogP contribution in [0.1, 0.15) is 32.6 Å². The second-order valence-electron chi connectivity index (χ2n) is 5.43. The maximum Gasteiger partial charge on any atom is 0.229 e. The molecule has 0 amide bonds. The minimum Gasteiger partial charge on any atom is -0.382 e. The standard InChI is InChI=1S/C14H22N2O2S/c1-11(12-5-3-4-6-12)15-13-7-9-14(10-8-13)16-19(2,17)18/h7-12,15-16H,3-6H2,1-2H3. The van der Waals surface area contributed by atoms with Crippen molar-refractivity contribution in [2.45, 2.75) is 38.6 Å². The number of anilines is 2. The Morgan fingerprint density at radius 2 is 1.63 bits per heavy atom. The van der Waals surface area contributed by atoms with Crippen molar-refractivity contribution in [3.8, 4) is 0 Å². The molecule has 0 aromatic heterocycles. The quantitative estimate of drug-likeness (QED) is 0.872. The van der Waals surface area contributed by atoms with Crippen LogP contribution in [0.25, 0.3) is 0 Å². The van der Waals surface area contributed by atoms with Gasteiger partial charge < -0.3 is 5.32 Å². The largest absolute Gasteiger partial charge is 0.382 e. The molecule has 1 unspecified atom stereocenters. The lowest BCUT2D eigenvalue weighted by atomic mass is 9.99. The summed E-state index contributed by atoms with van der Waals surface area (Å²) in [5.74, 6) is 0.758. The van der Waals surface area contributed by atoms with Crippen LogP contribution in [0.15, 0.2) is 24.3 Å². The zero-order valence-electron chi connectivity index (χ0n) is 11.5.